The van der Waals surface area contributed by atoms with Crippen molar-refractivity contribution < 1.29 is 4.79 Å². The van der Waals surface area contributed by atoms with Crippen molar-refractivity contribution in [2.75, 3.05) is 11.1 Å². The largest absolute Gasteiger partial charge is 0.396 e. The first-order valence-electron chi connectivity index (χ1n) is 5.95. The highest BCUT2D eigenvalue weighted by Crippen LogP contribution is 2.17. The molecule has 3 rings (SSSR count). The molecule has 0 aliphatic rings. The molecule has 0 aliphatic heterocycles. The van der Waals surface area contributed by atoms with Crippen LogP contribution < -0.4 is 11.1 Å². The summed E-state index contributed by atoms with van der Waals surface area (Å²) in [7, 11) is 1.66. The van der Waals surface area contributed by atoms with Gasteiger partial charge in [0, 0.05) is 25.1 Å². The van der Waals surface area contributed by atoms with E-state index in [0.717, 1.165) is 5.52 Å². The molecule has 0 unspecified atom stereocenters. The molecule has 0 saturated carbocycles. The smallest absolute Gasteiger partial charge is 0.276 e. The van der Waals surface area contributed by atoms with Gasteiger partial charge in [-0.05, 0) is 18.2 Å². The second-order valence-electron chi connectivity index (χ2n) is 4.29. The Kier molecular flexibility index (Phi) is 2.79. The maximum atomic E-state index is 12.2. The Morgan fingerprint density at radius 3 is 2.70 bits per heavy atom. The van der Waals surface area contributed by atoms with Crippen molar-refractivity contribution in [3.8, 4) is 0 Å². The maximum absolute atomic E-state index is 12.2. The highest BCUT2D eigenvalue weighted by Gasteiger charge is 2.15. The van der Waals surface area contributed by atoms with Crippen molar-refractivity contribution in [1.29, 1.82) is 0 Å². The Morgan fingerprint density at radius 1 is 1.25 bits per heavy atom. The normalized spacial score (nSPS) is 10.7. The van der Waals surface area contributed by atoms with E-state index in [1.807, 2.05) is 0 Å². The Balaban J connectivity index is 1.91. The molecule has 0 bridgehead atoms. The van der Waals surface area contributed by atoms with Crippen LogP contribution in [0.4, 0.5) is 11.4 Å². The number of carbonyl (C=O) groups excluding carboxylic acids is 1. The minimum atomic E-state index is -0.314. The molecule has 7 nitrogen and oxygen atoms in total. The highest BCUT2D eigenvalue weighted by molar-refractivity contribution is 6.06. The number of nitrogen functional groups attached to an aromatic ring is 1. The Bertz CT molecular complexity index is 775. The molecule has 0 radical (unpaired) electrons. The quantitative estimate of drug-likeness (QED) is 0.727. The predicted octanol–water partition coefficient (Wildman–Crippen LogP) is 1.20. The number of nitrogens with two attached hydrogens (primary N) is 1. The zero-order chi connectivity index (χ0) is 14.1. The van der Waals surface area contributed by atoms with E-state index in [9.17, 15) is 4.79 Å². The molecule has 0 saturated heterocycles. The fraction of sp³-hybridized carbons (Fsp3) is 0.0769. The van der Waals surface area contributed by atoms with E-state index in [2.05, 4.69) is 20.4 Å². The van der Waals surface area contributed by atoms with Crippen molar-refractivity contribution in [3.05, 3.63) is 42.5 Å². The number of aromatic nitrogens is 4. The maximum Gasteiger partial charge on any atom is 0.276 e. The Morgan fingerprint density at radius 2 is 2.00 bits per heavy atom. The molecule has 0 atom stereocenters. The first-order valence-corrected chi connectivity index (χ1v) is 5.95. The van der Waals surface area contributed by atoms with E-state index in [4.69, 9.17) is 5.73 Å². The van der Waals surface area contributed by atoms with Crippen LogP contribution in [0.25, 0.3) is 11.0 Å². The van der Waals surface area contributed by atoms with Gasteiger partial charge in [0.1, 0.15) is 5.69 Å². The molecule has 1 aromatic carbocycles. The summed E-state index contributed by atoms with van der Waals surface area (Å²) in [5.74, 6) is -0.314. The van der Waals surface area contributed by atoms with Crippen LogP contribution in [0.2, 0.25) is 0 Å². The van der Waals surface area contributed by atoms with Crippen LogP contribution in [0.3, 0.4) is 0 Å². The van der Waals surface area contributed by atoms with Crippen LogP contribution >= 0.6 is 0 Å². The third-order valence-electron chi connectivity index (χ3n) is 2.91. The minimum Gasteiger partial charge on any atom is -0.396 e. The monoisotopic (exact) mass is 268 g/mol. The van der Waals surface area contributed by atoms with E-state index in [1.165, 1.54) is 10.9 Å². The first-order chi connectivity index (χ1) is 9.65. The number of aryl methyl sites for hydroxylation is 1. The van der Waals surface area contributed by atoms with E-state index < -0.39 is 0 Å². The Labute approximate surface area is 114 Å². The van der Waals surface area contributed by atoms with Crippen LogP contribution in [0, 0.1) is 0 Å². The van der Waals surface area contributed by atoms with Crippen LogP contribution in [0.1, 0.15) is 10.5 Å². The summed E-state index contributed by atoms with van der Waals surface area (Å²) in [5, 5.41) is 6.71. The second-order valence-corrected chi connectivity index (χ2v) is 4.29. The summed E-state index contributed by atoms with van der Waals surface area (Å²) in [4.78, 5) is 20.5. The molecule has 20 heavy (non-hydrogen) atoms. The van der Waals surface area contributed by atoms with Gasteiger partial charge in [0.25, 0.3) is 5.91 Å². The molecule has 3 aromatic rings. The topological polar surface area (TPSA) is 98.7 Å². The number of hydrogen-bond donors (Lipinski definition) is 2. The van der Waals surface area contributed by atoms with Gasteiger partial charge in [0.2, 0.25) is 0 Å². The number of nitrogens with one attached hydrogen (secondary N) is 1. The Hall–Kier alpha value is -2.96. The third-order valence-corrected chi connectivity index (χ3v) is 2.91. The van der Waals surface area contributed by atoms with Gasteiger partial charge in [-0.25, -0.2) is 0 Å². The third kappa shape index (κ3) is 2.05. The lowest BCUT2D eigenvalue weighted by molar-refractivity contribution is 0.101. The molecule has 0 aliphatic carbocycles. The average Bonchev–Trinajstić information content (AvgIpc) is 2.78. The van der Waals surface area contributed by atoms with E-state index in [-0.39, 0.29) is 5.91 Å². The summed E-state index contributed by atoms with van der Waals surface area (Å²) >= 11 is 0. The van der Waals surface area contributed by atoms with Crippen LogP contribution in [0.15, 0.2) is 36.8 Å². The molecule has 2 aromatic heterocycles. The lowest BCUT2D eigenvalue weighted by atomic mass is 10.2. The zero-order valence-electron chi connectivity index (χ0n) is 10.7. The molecule has 100 valence electrons. The zero-order valence-corrected chi connectivity index (χ0v) is 10.7. The average molecular weight is 268 g/mol. The molecule has 7 heteroatoms. The lowest BCUT2D eigenvalue weighted by Gasteiger charge is -2.07. The number of benzene rings is 1. The summed E-state index contributed by atoms with van der Waals surface area (Å²) in [5.41, 5.74) is 8.49. The predicted molar refractivity (Wildman–Crippen MR) is 75.1 cm³/mol. The summed E-state index contributed by atoms with van der Waals surface area (Å²) in [6.45, 7) is 0. The van der Waals surface area contributed by atoms with Gasteiger partial charge < -0.3 is 11.1 Å². The van der Waals surface area contributed by atoms with Gasteiger partial charge >= 0.3 is 0 Å². The molecule has 0 spiro atoms. The SMILES string of the molecule is Cn1ncc(N)c1C(=O)Nc1ccc2nccnc2c1. The van der Waals surface area contributed by atoms with Gasteiger partial charge in [-0.15, -0.1) is 0 Å². The van der Waals surface area contributed by atoms with Gasteiger partial charge in [0.05, 0.1) is 22.9 Å². The number of nitrogens with zero attached hydrogens (tertiary/aromatic N) is 4. The van der Waals surface area contributed by atoms with Crippen LogP contribution in [0.5, 0.6) is 0 Å². The highest BCUT2D eigenvalue weighted by atomic mass is 16.2. The van der Waals surface area contributed by atoms with Gasteiger partial charge in [-0.3, -0.25) is 19.4 Å². The number of hydrogen-bond acceptors (Lipinski definition) is 5. The van der Waals surface area contributed by atoms with Crippen molar-refractivity contribution in [2.45, 2.75) is 0 Å². The molecular formula is C13H12N6O. The molecule has 1 amide bonds. The van der Waals surface area contributed by atoms with Crippen LogP contribution in [-0.4, -0.2) is 25.7 Å². The summed E-state index contributed by atoms with van der Waals surface area (Å²) in [6.07, 6.45) is 4.67. The summed E-state index contributed by atoms with van der Waals surface area (Å²) in [6, 6.07) is 5.32. The standard InChI is InChI=1S/C13H12N6O/c1-19-12(9(14)7-17-19)13(20)18-8-2-3-10-11(6-8)16-5-4-15-10/h2-7H,14H2,1H3,(H,18,20). The molecular weight excluding hydrogens is 256 g/mol. The van der Waals surface area contributed by atoms with Crippen LogP contribution in [-0.2, 0) is 7.05 Å². The van der Waals surface area contributed by atoms with Gasteiger partial charge in [-0.2, -0.15) is 5.10 Å². The number of carbonyl (C=O) groups is 1. The minimum absolute atomic E-state index is 0.314. The number of fused-ring (bicyclic) bond motifs is 1. The van der Waals surface area contributed by atoms with Gasteiger partial charge in [0.15, 0.2) is 0 Å². The van der Waals surface area contributed by atoms with Crippen molar-refractivity contribution in [3.63, 3.8) is 0 Å². The van der Waals surface area contributed by atoms with Crippen molar-refractivity contribution in [1.82, 2.24) is 19.7 Å². The number of amides is 1. The number of anilines is 2. The second kappa shape index (κ2) is 4.61. The van der Waals surface area contributed by atoms with E-state index >= 15 is 0 Å². The lowest BCUT2D eigenvalue weighted by Crippen LogP contribution is -2.17. The van der Waals surface area contributed by atoms with E-state index in [0.29, 0.717) is 22.6 Å². The fourth-order valence-electron chi connectivity index (χ4n) is 1.96. The molecule has 3 N–H and O–H groups in total. The summed E-state index contributed by atoms with van der Waals surface area (Å²) < 4.78 is 1.44. The van der Waals surface area contributed by atoms with Crippen molar-refractivity contribution >= 4 is 28.3 Å². The molecule has 0 fully saturated rings. The fourth-order valence-corrected chi connectivity index (χ4v) is 1.96. The number of rotatable bonds is 2. The molecule has 2 heterocycles. The van der Waals surface area contributed by atoms with Crippen molar-refractivity contribution in [2.24, 2.45) is 7.05 Å². The van der Waals surface area contributed by atoms with E-state index in [1.54, 1.807) is 37.6 Å². The first kappa shape index (κ1) is 12.1. The van der Waals surface area contributed by atoms with Gasteiger partial charge in [-0.1, -0.05) is 0 Å².